The Morgan fingerprint density at radius 2 is 1.90 bits per heavy atom. The van der Waals surface area contributed by atoms with Crippen LogP contribution in [0.1, 0.15) is 32.8 Å². The molecule has 5 heteroatoms. The van der Waals surface area contributed by atoms with Crippen LogP contribution < -0.4 is 0 Å². The number of carbonyl (C=O) groups is 2. The number of carboxylic acid groups (broad SMARTS) is 1. The van der Waals surface area contributed by atoms with Crippen molar-refractivity contribution in [3.63, 3.8) is 0 Å². The number of esters is 1. The summed E-state index contributed by atoms with van der Waals surface area (Å²) >= 11 is 6.01. The van der Waals surface area contributed by atoms with Crippen LogP contribution in [0.4, 0.5) is 0 Å². The van der Waals surface area contributed by atoms with E-state index in [1.807, 2.05) is 0 Å². The largest absolute Gasteiger partial charge is 0.481 e. The molecule has 1 atom stereocenters. The highest BCUT2D eigenvalue weighted by Gasteiger charge is 2.25. The predicted molar refractivity (Wildman–Crippen MR) is 76.7 cm³/mol. The fourth-order valence-electron chi connectivity index (χ4n) is 1.76. The summed E-state index contributed by atoms with van der Waals surface area (Å²) in [6.07, 6.45) is 0.0338. The third-order valence-electron chi connectivity index (χ3n) is 2.61. The highest BCUT2D eigenvalue weighted by atomic mass is 35.5. The van der Waals surface area contributed by atoms with Gasteiger partial charge < -0.3 is 9.84 Å². The van der Waals surface area contributed by atoms with Crippen molar-refractivity contribution in [1.82, 2.24) is 0 Å². The van der Waals surface area contributed by atoms with Crippen LogP contribution in [0.2, 0.25) is 5.02 Å². The van der Waals surface area contributed by atoms with Gasteiger partial charge in [-0.3, -0.25) is 9.59 Å². The highest BCUT2D eigenvalue weighted by molar-refractivity contribution is 6.31. The van der Waals surface area contributed by atoms with Gasteiger partial charge in [0, 0.05) is 5.02 Å². The zero-order valence-electron chi connectivity index (χ0n) is 11.9. The molecule has 0 saturated heterocycles. The monoisotopic (exact) mass is 298 g/mol. The third-order valence-corrected chi connectivity index (χ3v) is 2.98. The van der Waals surface area contributed by atoms with Gasteiger partial charge in [0.1, 0.15) is 5.60 Å². The molecule has 0 aliphatic carbocycles. The Labute approximate surface area is 123 Å². The van der Waals surface area contributed by atoms with Gasteiger partial charge in [-0.2, -0.15) is 0 Å². The van der Waals surface area contributed by atoms with E-state index in [4.69, 9.17) is 16.3 Å². The van der Waals surface area contributed by atoms with Crippen LogP contribution in [0.3, 0.4) is 0 Å². The smallest absolute Gasteiger partial charge is 0.307 e. The third kappa shape index (κ3) is 5.61. The molecule has 110 valence electrons. The zero-order chi connectivity index (χ0) is 15.3. The molecule has 4 nitrogen and oxygen atoms in total. The van der Waals surface area contributed by atoms with Crippen LogP contribution in [0, 0.1) is 5.92 Å². The Morgan fingerprint density at radius 3 is 2.40 bits per heavy atom. The molecule has 0 aliphatic heterocycles. The number of carbonyl (C=O) groups excluding carboxylic acids is 1. The molecule has 1 N–H and O–H groups in total. The van der Waals surface area contributed by atoms with Crippen LogP contribution >= 0.6 is 11.6 Å². The van der Waals surface area contributed by atoms with E-state index in [0.717, 1.165) is 0 Å². The fourth-order valence-corrected chi connectivity index (χ4v) is 1.97. The number of ether oxygens (including phenoxy) is 1. The van der Waals surface area contributed by atoms with Crippen molar-refractivity contribution in [3.05, 3.63) is 34.9 Å². The van der Waals surface area contributed by atoms with Crippen molar-refractivity contribution in [1.29, 1.82) is 0 Å². The van der Waals surface area contributed by atoms with E-state index >= 15 is 0 Å². The number of aliphatic carboxylic acids is 1. The molecule has 0 fully saturated rings. The SMILES string of the molecule is CC(C)(C)OC(=O)C[C@@H](Cc1ccccc1Cl)C(=O)O. The molecule has 0 bridgehead atoms. The van der Waals surface area contributed by atoms with E-state index in [-0.39, 0.29) is 12.8 Å². The summed E-state index contributed by atoms with van der Waals surface area (Å²) in [5, 5.41) is 9.72. The van der Waals surface area contributed by atoms with Crippen LogP contribution in [0.15, 0.2) is 24.3 Å². The lowest BCUT2D eigenvalue weighted by Crippen LogP contribution is -2.28. The molecule has 0 aliphatic rings. The lowest BCUT2D eigenvalue weighted by molar-refractivity contribution is -0.159. The first kappa shape index (κ1) is 16.5. The fraction of sp³-hybridized carbons (Fsp3) is 0.467. The number of rotatable bonds is 5. The first-order valence-electron chi connectivity index (χ1n) is 6.37. The molecule has 0 amide bonds. The molecule has 0 aromatic heterocycles. The Hall–Kier alpha value is -1.55. The van der Waals surface area contributed by atoms with Gasteiger partial charge in [0.2, 0.25) is 0 Å². The Balaban J connectivity index is 2.74. The summed E-state index contributed by atoms with van der Waals surface area (Å²) in [6, 6.07) is 7.01. The first-order chi connectivity index (χ1) is 9.19. The molecular formula is C15H19ClO4. The van der Waals surface area contributed by atoms with Gasteiger partial charge in [0.15, 0.2) is 0 Å². The maximum atomic E-state index is 11.7. The van der Waals surface area contributed by atoms with E-state index in [0.29, 0.717) is 10.6 Å². The Bertz CT molecular complexity index is 491. The molecule has 0 unspecified atom stereocenters. The van der Waals surface area contributed by atoms with Gasteiger partial charge in [-0.25, -0.2) is 0 Å². The number of carboxylic acids is 1. The van der Waals surface area contributed by atoms with Crippen LogP contribution in [0.25, 0.3) is 0 Å². The quantitative estimate of drug-likeness (QED) is 0.847. The van der Waals surface area contributed by atoms with Crippen LogP contribution in [-0.4, -0.2) is 22.6 Å². The Kier molecular flexibility index (Phi) is 5.57. The van der Waals surface area contributed by atoms with E-state index in [1.165, 1.54) is 0 Å². The average molecular weight is 299 g/mol. The normalized spacial score (nSPS) is 12.8. The maximum Gasteiger partial charge on any atom is 0.307 e. The standard InChI is InChI=1S/C15H19ClO4/c1-15(2,3)20-13(17)9-11(14(18)19)8-10-6-4-5-7-12(10)16/h4-7,11H,8-9H2,1-3H3,(H,18,19)/t11-/m1/s1. The second kappa shape index (κ2) is 6.75. The number of hydrogen-bond donors (Lipinski definition) is 1. The lowest BCUT2D eigenvalue weighted by atomic mass is 9.96. The summed E-state index contributed by atoms with van der Waals surface area (Å²) < 4.78 is 5.15. The summed E-state index contributed by atoms with van der Waals surface area (Å²) in [4.78, 5) is 23.0. The van der Waals surface area contributed by atoms with E-state index < -0.39 is 23.5 Å². The van der Waals surface area contributed by atoms with E-state index in [9.17, 15) is 14.7 Å². The number of hydrogen-bond acceptors (Lipinski definition) is 3. The van der Waals surface area contributed by atoms with Gasteiger partial charge >= 0.3 is 11.9 Å². The summed E-state index contributed by atoms with van der Waals surface area (Å²) in [7, 11) is 0. The zero-order valence-corrected chi connectivity index (χ0v) is 12.6. The van der Waals surface area contributed by atoms with Crippen molar-refractivity contribution >= 4 is 23.5 Å². The minimum absolute atomic E-state index is 0.169. The topological polar surface area (TPSA) is 63.6 Å². The summed E-state index contributed by atoms with van der Waals surface area (Å²) in [6.45, 7) is 5.23. The van der Waals surface area contributed by atoms with Gasteiger partial charge in [-0.05, 0) is 38.8 Å². The summed E-state index contributed by atoms with van der Waals surface area (Å²) in [5.74, 6) is -2.39. The molecule has 1 aromatic rings. The molecule has 0 heterocycles. The van der Waals surface area contributed by atoms with Crippen molar-refractivity contribution in [2.45, 2.75) is 39.2 Å². The van der Waals surface area contributed by atoms with Crippen LogP contribution in [-0.2, 0) is 20.7 Å². The number of halogens is 1. The average Bonchev–Trinajstić information content (AvgIpc) is 2.28. The van der Waals surface area contributed by atoms with Crippen molar-refractivity contribution in [2.24, 2.45) is 5.92 Å². The highest BCUT2D eigenvalue weighted by Crippen LogP contribution is 2.21. The molecule has 0 radical (unpaired) electrons. The minimum atomic E-state index is -1.03. The molecule has 20 heavy (non-hydrogen) atoms. The van der Waals surface area contributed by atoms with Crippen LogP contribution in [0.5, 0.6) is 0 Å². The maximum absolute atomic E-state index is 11.7. The van der Waals surface area contributed by atoms with Gasteiger partial charge in [-0.1, -0.05) is 29.8 Å². The van der Waals surface area contributed by atoms with Crippen molar-refractivity contribution in [3.8, 4) is 0 Å². The van der Waals surface area contributed by atoms with Crippen molar-refractivity contribution < 1.29 is 19.4 Å². The second-order valence-corrected chi connectivity index (χ2v) is 6.03. The second-order valence-electron chi connectivity index (χ2n) is 5.62. The minimum Gasteiger partial charge on any atom is -0.481 e. The Morgan fingerprint density at radius 1 is 1.30 bits per heavy atom. The molecule has 1 aromatic carbocycles. The number of benzene rings is 1. The van der Waals surface area contributed by atoms with E-state index in [1.54, 1.807) is 45.0 Å². The predicted octanol–water partition coefficient (Wildman–Crippen LogP) is 3.32. The first-order valence-corrected chi connectivity index (χ1v) is 6.75. The molecule has 0 spiro atoms. The summed E-state index contributed by atoms with van der Waals surface area (Å²) in [5.41, 5.74) is 0.0926. The van der Waals surface area contributed by atoms with Gasteiger partial charge in [0.05, 0.1) is 12.3 Å². The van der Waals surface area contributed by atoms with E-state index in [2.05, 4.69) is 0 Å². The molecule has 0 saturated carbocycles. The molecule has 1 rings (SSSR count). The lowest BCUT2D eigenvalue weighted by Gasteiger charge is -2.21. The van der Waals surface area contributed by atoms with Gasteiger partial charge in [-0.15, -0.1) is 0 Å². The van der Waals surface area contributed by atoms with Gasteiger partial charge in [0.25, 0.3) is 0 Å². The van der Waals surface area contributed by atoms with Crippen molar-refractivity contribution in [2.75, 3.05) is 0 Å². The molecular weight excluding hydrogens is 280 g/mol.